The number of hydrogen-bond donors (Lipinski definition) is 3. The molecule has 4 amide bonds. The Hall–Kier alpha value is -3.63. The number of halogens is 2. The second kappa shape index (κ2) is 15.4. The standard InChI is InChI=1S/C38H54F2N6O8S/c1-4-24-28-20-46(30(24)32(47)44-38(18-25(38)31(39)40)35(49)45-55(51,52)37(3)15-16-37)34(48)29(22-11-7-5-8-12-22)43-36(50)54-27-17-23(27)13-9-6-10-14-26-33(53-28)42-21(2)19-41-26/h19,22-25,27-31H,4-18,20H2,1-3H3,(H,43,50)(H,44,47)(H,45,49)/t23-,24-,25+,27-,28+,29+,30+,38-/m1/s1. The Kier molecular flexibility index (Phi) is 11.1. The quantitative estimate of drug-likeness (QED) is 0.347. The van der Waals surface area contributed by atoms with Gasteiger partial charge < -0.3 is 25.0 Å². The molecule has 14 nitrogen and oxygen atoms in total. The normalized spacial score (nSPS) is 33.8. The van der Waals surface area contributed by atoms with Gasteiger partial charge in [0.2, 0.25) is 34.1 Å². The second-order valence-corrected chi connectivity index (χ2v) is 19.2. The topological polar surface area (TPSA) is 186 Å². The van der Waals surface area contributed by atoms with Crippen molar-refractivity contribution in [2.75, 3.05) is 6.54 Å². The van der Waals surface area contributed by atoms with Crippen molar-refractivity contribution in [3.05, 3.63) is 17.6 Å². The SMILES string of the molecule is CC[C@@H]1[C@@H]2CN(C(=O)[C@H](C3CCCCC3)NC(=O)O[C@@H]3C[C@H]3CCCCCc3ncc(C)nc3O2)[C@@H]1C(=O)N[C@]1(C(=O)NS(=O)(=O)C2(C)CC2)C[C@H]1C(F)F. The van der Waals surface area contributed by atoms with Crippen molar-refractivity contribution in [1.29, 1.82) is 0 Å². The second-order valence-electron chi connectivity index (χ2n) is 17.0. The summed E-state index contributed by atoms with van der Waals surface area (Å²) in [7, 11) is -4.21. The van der Waals surface area contributed by atoms with Crippen molar-refractivity contribution in [2.24, 2.45) is 23.7 Å². The lowest BCUT2D eigenvalue weighted by molar-refractivity contribution is -0.143. The molecular formula is C38H54F2N6O8S. The number of rotatable bonds is 8. The number of carbonyl (C=O) groups excluding carboxylic acids is 4. The molecule has 2 bridgehead atoms. The van der Waals surface area contributed by atoms with Crippen LogP contribution in [0.25, 0.3) is 0 Å². The van der Waals surface area contributed by atoms with Crippen molar-refractivity contribution in [3.8, 4) is 5.88 Å². The maximum atomic E-state index is 14.9. The first-order valence-corrected chi connectivity index (χ1v) is 21.6. The summed E-state index contributed by atoms with van der Waals surface area (Å²) in [6.45, 7) is 4.97. The summed E-state index contributed by atoms with van der Waals surface area (Å²) in [5.74, 6) is -4.70. The van der Waals surface area contributed by atoms with Gasteiger partial charge in [-0.3, -0.25) is 24.1 Å². The average molecular weight is 793 g/mol. The fraction of sp³-hybridized carbons (Fsp3) is 0.789. The van der Waals surface area contributed by atoms with Crippen LogP contribution in [0, 0.1) is 30.6 Å². The third-order valence-corrected chi connectivity index (χ3v) is 15.1. The van der Waals surface area contributed by atoms with E-state index in [1.54, 1.807) is 13.1 Å². The van der Waals surface area contributed by atoms with Crippen LogP contribution in [0.2, 0.25) is 0 Å². The van der Waals surface area contributed by atoms with Crippen LogP contribution in [-0.4, -0.2) is 94.6 Å². The molecule has 7 rings (SSSR count). The van der Waals surface area contributed by atoms with Gasteiger partial charge in [0.15, 0.2) is 0 Å². The molecule has 1 saturated heterocycles. The van der Waals surface area contributed by atoms with Gasteiger partial charge in [0, 0.05) is 12.1 Å². The lowest BCUT2D eigenvalue weighted by Crippen LogP contribution is -2.60. The van der Waals surface area contributed by atoms with E-state index in [1.807, 2.05) is 11.6 Å². The number of fused-ring (bicyclic) bond motifs is 4. The van der Waals surface area contributed by atoms with Crippen LogP contribution in [0.3, 0.4) is 0 Å². The number of hydrogen-bond acceptors (Lipinski definition) is 10. The summed E-state index contributed by atoms with van der Waals surface area (Å²) in [6, 6.07) is -2.36. The van der Waals surface area contributed by atoms with Crippen LogP contribution in [0.1, 0.15) is 115 Å². The third-order valence-electron chi connectivity index (χ3n) is 13.0. The molecule has 8 atom stereocenters. The van der Waals surface area contributed by atoms with Gasteiger partial charge >= 0.3 is 6.09 Å². The van der Waals surface area contributed by atoms with Gasteiger partial charge in [-0.2, -0.15) is 0 Å². The zero-order valence-corrected chi connectivity index (χ0v) is 32.7. The number of alkyl carbamates (subject to hydrolysis) is 1. The number of nitrogens with zero attached hydrogens (tertiary/aromatic N) is 3. The molecule has 1 aromatic heterocycles. The van der Waals surface area contributed by atoms with E-state index in [0.29, 0.717) is 55.8 Å². The van der Waals surface area contributed by atoms with Crippen molar-refractivity contribution in [3.63, 3.8) is 0 Å². The van der Waals surface area contributed by atoms with Crippen molar-refractivity contribution < 1.29 is 45.9 Å². The highest BCUT2D eigenvalue weighted by molar-refractivity contribution is 7.91. The molecule has 4 saturated carbocycles. The fourth-order valence-electron chi connectivity index (χ4n) is 8.94. The first kappa shape index (κ1) is 39.6. The van der Waals surface area contributed by atoms with Crippen LogP contribution in [0.4, 0.5) is 13.6 Å². The van der Waals surface area contributed by atoms with Crippen LogP contribution in [0.15, 0.2) is 6.20 Å². The highest BCUT2D eigenvalue weighted by atomic mass is 32.2. The molecule has 2 aliphatic heterocycles. The molecule has 0 radical (unpaired) electrons. The molecule has 4 aliphatic carbocycles. The first-order valence-electron chi connectivity index (χ1n) is 20.1. The minimum absolute atomic E-state index is 0.0979. The molecule has 0 spiro atoms. The zero-order valence-electron chi connectivity index (χ0n) is 31.9. The molecule has 0 aromatic carbocycles. The van der Waals surface area contributed by atoms with E-state index in [4.69, 9.17) is 9.47 Å². The summed E-state index contributed by atoms with van der Waals surface area (Å²) in [4.78, 5) is 67.2. The molecular weight excluding hydrogens is 739 g/mol. The maximum Gasteiger partial charge on any atom is 0.408 e. The van der Waals surface area contributed by atoms with Gasteiger partial charge in [0.05, 0.1) is 22.9 Å². The Morgan fingerprint density at radius 2 is 1.73 bits per heavy atom. The number of sulfonamides is 1. The van der Waals surface area contributed by atoms with E-state index in [2.05, 4.69) is 20.6 Å². The molecule has 3 heterocycles. The number of nitrogens with one attached hydrogen (secondary N) is 3. The highest BCUT2D eigenvalue weighted by Crippen LogP contribution is 2.50. The van der Waals surface area contributed by atoms with Gasteiger partial charge in [-0.1, -0.05) is 39.0 Å². The van der Waals surface area contributed by atoms with E-state index >= 15 is 0 Å². The van der Waals surface area contributed by atoms with Crippen molar-refractivity contribution in [2.45, 2.75) is 158 Å². The number of aryl methyl sites for hydroxylation is 2. The highest BCUT2D eigenvalue weighted by Gasteiger charge is 2.67. The van der Waals surface area contributed by atoms with Gasteiger partial charge in [0.1, 0.15) is 35.5 Å². The van der Waals surface area contributed by atoms with Crippen molar-refractivity contribution >= 4 is 33.8 Å². The summed E-state index contributed by atoms with van der Waals surface area (Å²) in [5.41, 5.74) is -0.946. The molecule has 1 aromatic rings. The van der Waals surface area contributed by atoms with Gasteiger partial charge in [-0.15, -0.1) is 0 Å². The van der Waals surface area contributed by atoms with E-state index in [-0.39, 0.29) is 24.5 Å². The lowest BCUT2D eigenvalue weighted by atomic mass is 9.83. The Morgan fingerprint density at radius 3 is 2.38 bits per heavy atom. The Balaban J connectivity index is 1.23. The summed E-state index contributed by atoms with van der Waals surface area (Å²) < 4.78 is 67.9. The largest absolute Gasteiger partial charge is 0.471 e. The van der Waals surface area contributed by atoms with Crippen LogP contribution in [0.5, 0.6) is 5.88 Å². The molecule has 5 fully saturated rings. The predicted octanol–water partition coefficient (Wildman–Crippen LogP) is 4.09. The monoisotopic (exact) mass is 792 g/mol. The average Bonchev–Trinajstić information content (AvgIpc) is 4.10. The van der Waals surface area contributed by atoms with Crippen LogP contribution in [-0.2, 0) is 35.6 Å². The van der Waals surface area contributed by atoms with Gasteiger partial charge in [-0.25, -0.2) is 27.0 Å². The number of carbonyl (C=O) groups is 4. The van der Waals surface area contributed by atoms with E-state index in [0.717, 1.165) is 51.4 Å². The number of alkyl halides is 2. The number of ether oxygens (including phenoxy) is 2. The minimum Gasteiger partial charge on any atom is -0.471 e. The summed E-state index contributed by atoms with van der Waals surface area (Å²) in [5, 5.41) is 5.40. The molecule has 55 heavy (non-hydrogen) atoms. The smallest absolute Gasteiger partial charge is 0.408 e. The van der Waals surface area contributed by atoms with Crippen molar-refractivity contribution in [1.82, 2.24) is 30.2 Å². The zero-order chi connectivity index (χ0) is 39.3. The summed E-state index contributed by atoms with van der Waals surface area (Å²) in [6.07, 6.45) is 6.32. The lowest BCUT2D eigenvalue weighted by Gasteiger charge is -2.35. The van der Waals surface area contributed by atoms with E-state index in [1.165, 1.54) is 11.8 Å². The minimum atomic E-state index is -4.21. The molecule has 17 heteroatoms. The van der Waals surface area contributed by atoms with E-state index in [9.17, 15) is 36.4 Å². The van der Waals surface area contributed by atoms with Gasteiger partial charge in [0.25, 0.3) is 5.91 Å². The third kappa shape index (κ3) is 8.13. The number of aromatic nitrogens is 2. The fourth-order valence-corrected chi connectivity index (χ4v) is 10.3. The number of amides is 4. The summed E-state index contributed by atoms with van der Waals surface area (Å²) >= 11 is 0. The Morgan fingerprint density at radius 1 is 1.04 bits per heavy atom. The van der Waals surface area contributed by atoms with Gasteiger partial charge in [-0.05, 0) is 89.9 Å². The first-order chi connectivity index (χ1) is 26.2. The van der Waals surface area contributed by atoms with Crippen LogP contribution < -0.4 is 20.1 Å². The maximum absolute atomic E-state index is 14.9. The molecule has 304 valence electrons. The van der Waals surface area contributed by atoms with Crippen LogP contribution >= 0.6 is 0 Å². The Bertz CT molecular complexity index is 1770. The molecule has 3 N–H and O–H groups in total. The molecule has 0 unspecified atom stereocenters. The molecule has 6 aliphatic rings. The Labute approximate surface area is 321 Å². The predicted molar refractivity (Wildman–Crippen MR) is 194 cm³/mol. The van der Waals surface area contributed by atoms with E-state index < -0.39 is 87.0 Å².